The van der Waals surface area contributed by atoms with Crippen LogP contribution in [0.15, 0.2) is 24.3 Å². The molecule has 0 fully saturated rings. The number of carbonyl (C=O) groups excluding carboxylic acids is 3. The first-order chi connectivity index (χ1) is 15.6. The lowest BCUT2D eigenvalue weighted by atomic mass is 10.1. The number of rotatable bonds is 7. The van der Waals surface area contributed by atoms with Gasteiger partial charge < -0.3 is 19.5 Å². The monoisotopic (exact) mass is 442 g/mol. The number of ether oxygens (including phenoxy) is 3. The highest BCUT2D eigenvalue weighted by Crippen LogP contribution is 2.23. The third-order valence-electron chi connectivity index (χ3n) is 4.87. The number of imide groups is 1. The molecule has 32 heavy (non-hydrogen) atoms. The number of nitrogens with zero attached hydrogens (tertiary/aromatic N) is 5. The van der Waals surface area contributed by atoms with Gasteiger partial charge in [-0.2, -0.15) is 0 Å². The Balaban J connectivity index is 1.21. The molecule has 0 bridgehead atoms. The van der Waals surface area contributed by atoms with Crippen molar-refractivity contribution in [2.75, 3.05) is 26.3 Å². The number of aromatic nitrogens is 4. The van der Waals surface area contributed by atoms with Gasteiger partial charge in [-0.05, 0) is 37.8 Å². The molecule has 1 aromatic rings. The van der Waals surface area contributed by atoms with Crippen molar-refractivity contribution in [2.45, 2.75) is 31.8 Å². The van der Waals surface area contributed by atoms with Crippen molar-refractivity contribution >= 4 is 29.4 Å². The Kier molecular flexibility index (Phi) is 6.68. The van der Waals surface area contributed by atoms with Gasteiger partial charge in [-0.1, -0.05) is 0 Å². The standard InChI is InChI=1S/C20H22N6O6/c27-16-7-8-17(28)26(16)10-9-21-20(29)31-12-13-4-3-6-15(32-13)19-24-22-18(23-25-19)14-5-1-2-11-30-14/h5-8,13H,1-4,9-12H2,(H,21,29). The van der Waals surface area contributed by atoms with Gasteiger partial charge >= 0.3 is 6.09 Å². The fourth-order valence-corrected chi connectivity index (χ4v) is 3.23. The van der Waals surface area contributed by atoms with E-state index in [0.717, 1.165) is 17.7 Å². The van der Waals surface area contributed by atoms with E-state index in [2.05, 4.69) is 25.7 Å². The maximum absolute atomic E-state index is 11.9. The van der Waals surface area contributed by atoms with Gasteiger partial charge in [-0.25, -0.2) is 4.79 Å². The first kappa shape index (κ1) is 21.4. The summed E-state index contributed by atoms with van der Waals surface area (Å²) < 4.78 is 16.5. The van der Waals surface area contributed by atoms with Gasteiger partial charge in [0.1, 0.15) is 12.7 Å². The minimum Gasteiger partial charge on any atom is -0.490 e. The lowest BCUT2D eigenvalue weighted by Crippen LogP contribution is -2.39. The normalized spacial score (nSPS) is 20.2. The highest BCUT2D eigenvalue weighted by molar-refractivity contribution is 6.12. The molecule has 1 atom stereocenters. The van der Waals surface area contributed by atoms with E-state index in [-0.39, 0.29) is 31.6 Å². The second kappa shape index (κ2) is 9.98. The Labute approximate surface area is 183 Å². The van der Waals surface area contributed by atoms with Crippen LogP contribution in [0.5, 0.6) is 0 Å². The molecule has 4 rings (SSSR count). The SMILES string of the molecule is O=C(NCCN1C(=O)C=CC1=O)OCC1CCC=C(c2nnc(C3=CCCCO3)nn2)O1. The van der Waals surface area contributed by atoms with Crippen LogP contribution in [-0.4, -0.2) is 75.6 Å². The minimum atomic E-state index is -0.665. The molecule has 3 aliphatic rings. The van der Waals surface area contributed by atoms with E-state index in [9.17, 15) is 14.4 Å². The van der Waals surface area contributed by atoms with Crippen LogP contribution in [0, 0.1) is 0 Å². The van der Waals surface area contributed by atoms with Crippen molar-refractivity contribution in [2.24, 2.45) is 0 Å². The fourth-order valence-electron chi connectivity index (χ4n) is 3.23. The number of amides is 3. The van der Waals surface area contributed by atoms with Crippen LogP contribution in [0.1, 0.15) is 37.3 Å². The zero-order valence-electron chi connectivity index (χ0n) is 17.2. The second-order valence-corrected chi connectivity index (χ2v) is 7.18. The Bertz CT molecular complexity index is 955. The maximum Gasteiger partial charge on any atom is 0.407 e. The first-order valence-corrected chi connectivity index (χ1v) is 10.3. The average Bonchev–Trinajstić information content (AvgIpc) is 3.16. The van der Waals surface area contributed by atoms with Gasteiger partial charge in [0.25, 0.3) is 11.8 Å². The van der Waals surface area contributed by atoms with Gasteiger partial charge in [0.2, 0.25) is 11.6 Å². The maximum atomic E-state index is 11.9. The van der Waals surface area contributed by atoms with Crippen LogP contribution in [0.2, 0.25) is 0 Å². The van der Waals surface area contributed by atoms with Crippen molar-refractivity contribution in [1.29, 1.82) is 0 Å². The zero-order chi connectivity index (χ0) is 22.3. The summed E-state index contributed by atoms with van der Waals surface area (Å²) >= 11 is 0. The van der Waals surface area contributed by atoms with E-state index in [4.69, 9.17) is 14.2 Å². The molecule has 168 valence electrons. The van der Waals surface area contributed by atoms with Crippen LogP contribution in [-0.2, 0) is 23.8 Å². The lowest BCUT2D eigenvalue weighted by Gasteiger charge is -2.23. The van der Waals surface area contributed by atoms with Gasteiger partial charge in [0.15, 0.2) is 11.5 Å². The molecule has 12 heteroatoms. The van der Waals surface area contributed by atoms with Gasteiger partial charge in [0.05, 0.1) is 6.61 Å². The molecular weight excluding hydrogens is 420 g/mol. The Morgan fingerprint density at radius 2 is 1.75 bits per heavy atom. The van der Waals surface area contributed by atoms with Crippen molar-refractivity contribution in [3.63, 3.8) is 0 Å². The van der Waals surface area contributed by atoms with Crippen molar-refractivity contribution in [3.05, 3.63) is 36.0 Å². The topological polar surface area (TPSA) is 146 Å². The molecule has 1 N–H and O–H groups in total. The molecule has 3 amide bonds. The summed E-state index contributed by atoms with van der Waals surface area (Å²) in [4.78, 5) is 35.9. The quantitative estimate of drug-likeness (QED) is 0.595. The molecule has 4 heterocycles. The summed E-state index contributed by atoms with van der Waals surface area (Å²) in [6, 6.07) is 0. The summed E-state index contributed by atoms with van der Waals surface area (Å²) in [5, 5.41) is 18.8. The molecule has 0 radical (unpaired) electrons. The molecule has 0 aromatic carbocycles. The molecule has 12 nitrogen and oxygen atoms in total. The molecule has 3 aliphatic heterocycles. The predicted octanol–water partition coefficient (Wildman–Crippen LogP) is 0.589. The summed E-state index contributed by atoms with van der Waals surface area (Å²) in [5.74, 6) is 0.772. The molecule has 1 aromatic heterocycles. The Hall–Kier alpha value is -3.83. The smallest absolute Gasteiger partial charge is 0.407 e. The molecular formula is C20H22N6O6. The molecule has 0 spiro atoms. The highest BCUT2D eigenvalue weighted by Gasteiger charge is 2.24. The average molecular weight is 442 g/mol. The summed E-state index contributed by atoms with van der Waals surface area (Å²) in [6.45, 7) is 0.798. The summed E-state index contributed by atoms with van der Waals surface area (Å²) in [7, 11) is 0. The Morgan fingerprint density at radius 1 is 1.06 bits per heavy atom. The molecule has 0 saturated carbocycles. The van der Waals surface area contributed by atoms with E-state index in [1.54, 1.807) is 0 Å². The largest absolute Gasteiger partial charge is 0.490 e. The van der Waals surface area contributed by atoms with Gasteiger partial charge in [-0.15, -0.1) is 20.4 Å². The van der Waals surface area contributed by atoms with Crippen LogP contribution >= 0.6 is 0 Å². The van der Waals surface area contributed by atoms with Crippen LogP contribution in [0.4, 0.5) is 4.79 Å². The predicted molar refractivity (Wildman–Crippen MR) is 108 cm³/mol. The van der Waals surface area contributed by atoms with E-state index in [0.29, 0.717) is 36.8 Å². The number of hydrogen-bond donors (Lipinski definition) is 1. The highest BCUT2D eigenvalue weighted by atomic mass is 16.6. The first-order valence-electron chi connectivity index (χ1n) is 10.3. The van der Waals surface area contributed by atoms with E-state index >= 15 is 0 Å². The van der Waals surface area contributed by atoms with Gasteiger partial charge in [0, 0.05) is 25.2 Å². The van der Waals surface area contributed by atoms with Crippen LogP contribution in [0.3, 0.4) is 0 Å². The third-order valence-corrected chi connectivity index (χ3v) is 4.87. The van der Waals surface area contributed by atoms with Crippen LogP contribution < -0.4 is 5.32 Å². The number of nitrogens with one attached hydrogen (secondary N) is 1. The summed E-state index contributed by atoms with van der Waals surface area (Å²) in [5.41, 5.74) is 0. The third kappa shape index (κ3) is 5.25. The van der Waals surface area contributed by atoms with Crippen molar-refractivity contribution in [3.8, 4) is 0 Å². The second-order valence-electron chi connectivity index (χ2n) is 7.18. The van der Waals surface area contributed by atoms with E-state index in [1.807, 2.05) is 12.2 Å². The number of hydrogen-bond acceptors (Lipinski definition) is 10. The van der Waals surface area contributed by atoms with Crippen LogP contribution in [0.25, 0.3) is 11.5 Å². The van der Waals surface area contributed by atoms with Crippen molar-refractivity contribution < 1.29 is 28.6 Å². The van der Waals surface area contributed by atoms with E-state index in [1.165, 1.54) is 12.2 Å². The molecule has 0 saturated heterocycles. The molecule has 0 aliphatic carbocycles. The van der Waals surface area contributed by atoms with Gasteiger partial charge in [-0.3, -0.25) is 14.5 Å². The number of carbonyl (C=O) groups is 3. The minimum absolute atomic E-state index is 0.0198. The fraction of sp³-hybridized carbons (Fsp3) is 0.450. The molecule has 1 unspecified atom stereocenters. The summed E-state index contributed by atoms with van der Waals surface area (Å²) in [6.07, 6.45) is 8.29. The van der Waals surface area contributed by atoms with Crippen molar-refractivity contribution in [1.82, 2.24) is 30.6 Å². The Morgan fingerprint density at radius 3 is 2.44 bits per heavy atom. The number of allylic oxidation sites excluding steroid dienone is 2. The zero-order valence-corrected chi connectivity index (χ0v) is 17.2. The number of alkyl carbamates (subject to hydrolysis) is 1. The van der Waals surface area contributed by atoms with E-state index < -0.39 is 17.9 Å². The lowest BCUT2D eigenvalue weighted by molar-refractivity contribution is -0.136.